The average Bonchev–Trinajstić information content (AvgIpc) is 2.81. The van der Waals surface area contributed by atoms with Crippen molar-refractivity contribution in [2.75, 3.05) is 10.7 Å². The summed E-state index contributed by atoms with van der Waals surface area (Å²) in [6.07, 6.45) is 0. The zero-order valence-corrected chi connectivity index (χ0v) is 13.1. The summed E-state index contributed by atoms with van der Waals surface area (Å²) in [6, 6.07) is 11.0. The van der Waals surface area contributed by atoms with Crippen LogP contribution in [0, 0.1) is 11.6 Å². The van der Waals surface area contributed by atoms with Crippen LogP contribution in [0.5, 0.6) is 0 Å². The second-order valence-corrected chi connectivity index (χ2v) is 6.44. The fraction of sp³-hybridized carbons (Fsp3) is 0.133. The van der Waals surface area contributed by atoms with Gasteiger partial charge in [0.15, 0.2) is 0 Å². The maximum atomic E-state index is 14.0. The van der Waals surface area contributed by atoms with E-state index in [1.54, 1.807) is 0 Å². The first kappa shape index (κ1) is 14.5. The van der Waals surface area contributed by atoms with Gasteiger partial charge in [-0.2, -0.15) is 0 Å². The molecule has 0 N–H and O–H groups in total. The van der Waals surface area contributed by atoms with Crippen LogP contribution >= 0.6 is 27.7 Å². The lowest BCUT2D eigenvalue weighted by molar-refractivity contribution is -0.115. The van der Waals surface area contributed by atoms with Gasteiger partial charge in [0.2, 0.25) is 5.91 Å². The van der Waals surface area contributed by atoms with Crippen LogP contribution in [0.25, 0.3) is 0 Å². The predicted octanol–water partition coefficient (Wildman–Crippen LogP) is 4.51. The van der Waals surface area contributed by atoms with E-state index in [0.29, 0.717) is 0 Å². The second kappa shape index (κ2) is 5.77. The van der Waals surface area contributed by atoms with Gasteiger partial charge in [0.1, 0.15) is 22.7 Å². The lowest BCUT2D eigenvalue weighted by Gasteiger charge is -2.25. The molecule has 1 heterocycles. The van der Waals surface area contributed by atoms with E-state index in [1.807, 2.05) is 24.3 Å². The molecule has 1 fully saturated rings. The monoisotopic (exact) mass is 369 g/mol. The van der Waals surface area contributed by atoms with E-state index in [0.717, 1.165) is 22.2 Å². The quantitative estimate of drug-likeness (QED) is 0.776. The molecule has 0 saturated carbocycles. The number of benzene rings is 2. The molecule has 1 aliphatic rings. The van der Waals surface area contributed by atoms with Gasteiger partial charge < -0.3 is 0 Å². The van der Waals surface area contributed by atoms with Crippen molar-refractivity contribution in [2.45, 2.75) is 5.37 Å². The molecular weight excluding hydrogens is 360 g/mol. The molecule has 2 nitrogen and oxygen atoms in total. The van der Waals surface area contributed by atoms with E-state index >= 15 is 0 Å². The van der Waals surface area contributed by atoms with E-state index < -0.39 is 17.0 Å². The number of rotatable bonds is 2. The SMILES string of the molecule is O=C1CS[C@@H](c2ccccc2Br)N1c1c(F)cccc1F. The molecule has 1 atom stereocenters. The van der Waals surface area contributed by atoms with Gasteiger partial charge in [0.05, 0.1) is 5.75 Å². The highest BCUT2D eigenvalue weighted by Gasteiger charge is 2.37. The molecule has 0 unspecified atom stereocenters. The molecule has 1 aliphatic heterocycles. The molecule has 0 aromatic heterocycles. The van der Waals surface area contributed by atoms with Gasteiger partial charge in [-0.1, -0.05) is 40.2 Å². The highest BCUT2D eigenvalue weighted by Crippen LogP contribution is 2.45. The first-order valence-electron chi connectivity index (χ1n) is 6.21. The molecule has 6 heteroatoms. The minimum Gasteiger partial charge on any atom is -0.290 e. The number of anilines is 1. The number of hydrogen-bond donors (Lipinski definition) is 0. The van der Waals surface area contributed by atoms with E-state index in [4.69, 9.17) is 0 Å². The number of carbonyl (C=O) groups is 1. The third kappa shape index (κ3) is 2.58. The van der Waals surface area contributed by atoms with Crippen LogP contribution in [0.15, 0.2) is 46.9 Å². The highest BCUT2D eigenvalue weighted by atomic mass is 79.9. The molecule has 1 saturated heterocycles. The van der Waals surface area contributed by atoms with E-state index in [-0.39, 0.29) is 17.3 Å². The van der Waals surface area contributed by atoms with Crippen molar-refractivity contribution in [3.8, 4) is 0 Å². The molecule has 0 bridgehead atoms. The van der Waals surface area contributed by atoms with Crippen LogP contribution in [0.3, 0.4) is 0 Å². The zero-order chi connectivity index (χ0) is 15.0. The Morgan fingerprint density at radius 1 is 1.10 bits per heavy atom. The summed E-state index contributed by atoms with van der Waals surface area (Å²) in [5.74, 6) is -1.57. The van der Waals surface area contributed by atoms with Gasteiger partial charge in [-0.05, 0) is 23.8 Å². The van der Waals surface area contributed by atoms with Gasteiger partial charge in [-0.3, -0.25) is 9.69 Å². The summed E-state index contributed by atoms with van der Waals surface area (Å²) in [7, 11) is 0. The molecular formula is C15H10BrF2NOS. The Kier molecular flexibility index (Phi) is 3.99. The zero-order valence-electron chi connectivity index (χ0n) is 10.7. The summed E-state index contributed by atoms with van der Waals surface area (Å²) in [6.45, 7) is 0. The minimum absolute atomic E-state index is 0.194. The molecule has 2 aromatic carbocycles. The van der Waals surface area contributed by atoms with Crippen molar-refractivity contribution in [1.29, 1.82) is 0 Å². The van der Waals surface area contributed by atoms with E-state index in [2.05, 4.69) is 15.9 Å². The molecule has 108 valence electrons. The predicted molar refractivity (Wildman–Crippen MR) is 83.2 cm³/mol. The lowest BCUT2D eigenvalue weighted by atomic mass is 10.2. The molecule has 2 aromatic rings. The maximum Gasteiger partial charge on any atom is 0.238 e. The number of hydrogen-bond acceptors (Lipinski definition) is 2. The second-order valence-electron chi connectivity index (χ2n) is 4.52. The van der Waals surface area contributed by atoms with Crippen LogP contribution < -0.4 is 4.90 Å². The van der Waals surface area contributed by atoms with Gasteiger partial charge in [-0.25, -0.2) is 8.78 Å². The lowest BCUT2D eigenvalue weighted by Crippen LogP contribution is -2.29. The van der Waals surface area contributed by atoms with Crippen molar-refractivity contribution in [3.63, 3.8) is 0 Å². The topological polar surface area (TPSA) is 20.3 Å². The molecule has 3 rings (SSSR count). The third-order valence-electron chi connectivity index (χ3n) is 3.22. The van der Waals surface area contributed by atoms with Gasteiger partial charge >= 0.3 is 0 Å². The van der Waals surface area contributed by atoms with Crippen LogP contribution in [0.4, 0.5) is 14.5 Å². The normalized spacial score (nSPS) is 18.3. The summed E-state index contributed by atoms with van der Waals surface area (Å²) < 4.78 is 28.8. The van der Waals surface area contributed by atoms with Crippen molar-refractivity contribution in [1.82, 2.24) is 0 Å². The minimum atomic E-state index is -0.733. The van der Waals surface area contributed by atoms with Crippen molar-refractivity contribution >= 4 is 39.3 Å². The number of thioether (sulfide) groups is 1. The number of carbonyl (C=O) groups excluding carboxylic acids is 1. The number of nitrogens with zero attached hydrogens (tertiary/aromatic N) is 1. The van der Waals surface area contributed by atoms with Gasteiger partial charge in [-0.15, -0.1) is 11.8 Å². The van der Waals surface area contributed by atoms with E-state index in [9.17, 15) is 13.6 Å². The van der Waals surface area contributed by atoms with Gasteiger partial charge in [0, 0.05) is 4.47 Å². The molecule has 0 aliphatic carbocycles. The standard InChI is InChI=1S/C15H10BrF2NOS/c16-10-5-2-1-4-9(10)15-19(13(20)8-21-15)14-11(17)6-3-7-12(14)18/h1-7,15H,8H2/t15-/m0/s1. The largest absolute Gasteiger partial charge is 0.290 e. The Labute approximate surface area is 133 Å². The number of para-hydroxylation sites is 1. The molecule has 21 heavy (non-hydrogen) atoms. The summed E-state index contributed by atoms with van der Waals surface area (Å²) in [5.41, 5.74) is 0.532. The van der Waals surface area contributed by atoms with Gasteiger partial charge in [0.25, 0.3) is 0 Å². The summed E-state index contributed by atoms with van der Waals surface area (Å²) >= 11 is 4.78. The van der Waals surface area contributed by atoms with E-state index in [1.165, 1.54) is 22.7 Å². The van der Waals surface area contributed by atoms with Crippen LogP contribution in [-0.2, 0) is 4.79 Å². The smallest absolute Gasteiger partial charge is 0.238 e. The van der Waals surface area contributed by atoms with Crippen LogP contribution in [-0.4, -0.2) is 11.7 Å². The Balaban J connectivity index is 2.11. The maximum absolute atomic E-state index is 14.0. The van der Waals surface area contributed by atoms with Crippen molar-refractivity contribution < 1.29 is 13.6 Å². The first-order chi connectivity index (χ1) is 10.1. The fourth-order valence-corrected chi connectivity index (χ4v) is 4.14. The first-order valence-corrected chi connectivity index (χ1v) is 8.06. The fourth-order valence-electron chi connectivity index (χ4n) is 2.29. The third-order valence-corrected chi connectivity index (χ3v) is 5.13. The Bertz CT molecular complexity index is 690. The Morgan fingerprint density at radius 2 is 1.76 bits per heavy atom. The molecule has 1 amide bonds. The Morgan fingerprint density at radius 3 is 2.43 bits per heavy atom. The molecule has 0 radical (unpaired) electrons. The molecule has 0 spiro atoms. The van der Waals surface area contributed by atoms with Crippen LogP contribution in [0.2, 0.25) is 0 Å². The average molecular weight is 370 g/mol. The highest BCUT2D eigenvalue weighted by molar-refractivity contribution is 9.10. The Hall–Kier alpha value is -1.40. The number of halogens is 3. The van der Waals surface area contributed by atoms with Crippen molar-refractivity contribution in [2.24, 2.45) is 0 Å². The summed E-state index contributed by atoms with van der Waals surface area (Å²) in [5, 5.41) is -0.445. The summed E-state index contributed by atoms with van der Waals surface area (Å²) in [4.78, 5) is 13.3. The number of amides is 1. The van der Waals surface area contributed by atoms with Crippen LogP contribution in [0.1, 0.15) is 10.9 Å². The van der Waals surface area contributed by atoms with Crippen molar-refractivity contribution in [3.05, 3.63) is 64.1 Å².